The Labute approximate surface area is 135 Å². The van der Waals surface area contributed by atoms with Gasteiger partial charge in [-0.25, -0.2) is 4.98 Å². The monoisotopic (exact) mass is 327 g/mol. The smallest absolute Gasteiger partial charge is 0.255 e. The van der Waals surface area contributed by atoms with Gasteiger partial charge in [-0.15, -0.1) is 0 Å². The third kappa shape index (κ3) is 2.28. The molecule has 0 saturated heterocycles. The minimum atomic E-state index is -0.0657. The van der Waals surface area contributed by atoms with Gasteiger partial charge in [-0.1, -0.05) is 53.3 Å². The summed E-state index contributed by atoms with van der Waals surface area (Å²) in [6.07, 6.45) is 0.292. The molecule has 0 fully saturated rings. The Morgan fingerprint density at radius 2 is 1.95 bits per heavy atom. The summed E-state index contributed by atoms with van der Waals surface area (Å²) in [4.78, 5) is 16.7. The van der Waals surface area contributed by atoms with Crippen LogP contribution in [-0.2, 0) is 4.79 Å². The molecule has 0 spiro atoms. The van der Waals surface area contributed by atoms with E-state index in [9.17, 15) is 4.79 Å². The number of carbonyl (C=O) groups is 1. The number of aromatic nitrogens is 1. The maximum atomic E-state index is 12.3. The lowest BCUT2D eigenvalue weighted by atomic mass is 10.1. The first kappa shape index (κ1) is 13.4. The normalized spacial score (nSPS) is 14.7. The molecular formula is C16H10ClN3OS. The largest absolute Gasteiger partial charge is 0.272 e. The van der Waals surface area contributed by atoms with E-state index in [1.165, 1.54) is 16.3 Å². The second kappa shape index (κ2) is 5.19. The number of rotatable bonds is 2. The Bertz CT molecular complexity index is 904. The number of anilines is 1. The standard InChI is InChI=1S/C16H10ClN3OS/c17-11-6-7-12-14(8-11)22-16(18-12)20-15(21)9-13(19-20)10-4-2-1-3-5-10/h1-8H,9H2. The van der Waals surface area contributed by atoms with E-state index in [1.54, 1.807) is 6.07 Å². The van der Waals surface area contributed by atoms with Gasteiger partial charge >= 0.3 is 0 Å². The van der Waals surface area contributed by atoms with Gasteiger partial charge in [0.1, 0.15) is 0 Å². The number of hydrazone groups is 1. The van der Waals surface area contributed by atoms with Crippen LogP contribution in [0.4, 0.5) is 5.13 Å². The van der Waals surface area contributed by atoms with Gasteiger partial charge in [-0.05, 0) is 23.8 Å². The molecule has 4 nitrogen and oxygen atoms in total. The van der Waals surface area contributed by atoms with Gasteiger partial charge in [-0.3, -0.25) is 4.79 Å². The summed E-state index contributed by atoms with van der Waals surface area (Å²) in [5.74, 6) is -0.0657. The Kier molecular flexibility index (Phi) is 3.17. The lowest BCUT2D eigenvalue weighted by molar-refractivity contribution is -0.116. The third-order valence-corrected chi connectivity index (χ3v) is 4.63. The molecule has 1 aliphatic rings. The zero-order chi connectivity index (χ0) is 15.1. The number of thiazole rings is 1. The van der Waals surface area contributed by atoms with Crippen molar-refractivity contribution in [2.45, 2.75) is 6.42 Å². The molecule has 0 bridgehead atoms. The van der Waals surface area contributed by atoms with Crippen molar-refractivity contribution in [3.8, 4) is 0 Å². The predicted octanol–water partition coefficient (Wildman–Crippen LogP) is 4.09. The van der Waals surface area contributed by atoms with Crippen LogP contribution in [0.15, 0.2) is 53.6 Å². The summed E-state index contributed by atoms with van der Waals surface area (Å²) in [6, 6.07) is 15.2. The fraction of sp³-hybridized carbons (Fsp3) is 0.0625. The van der Waals surface area contributed by atoms with Crippen LogP contribution in [-0.4, -0.2) is 16.6 Å². The van der Waals surface area contributed by atoms with E-state index in [2.05, 4.69) is 10.1 Å². The summed E-state index contributed by atoms with van der Waals surface area (Å²) in [5, 5.41) is 7.07. The minimum absolute atomic E-state index is 0.0657. The summed E-state index contributed by atoms with van der Waals surface area (Å²) in [6.45, 7) is 0. The van der Waals surface area contributed by atoms with E-state index in [4.69, 9.17) is 11.6 Å². The van der Waals surface area contributed by atoms with Crippen LogP contribution in [0.25, 0.3) is 10.2 Å². The highest BCUT2D eigenvalue weighted by Crippen LogP contribution is 2.33. The Morgan fingerprint density at radius 1 is 1.14 bits per heavy atom. The Morgan fingerprint density at radius 3 is 2.77 bits per heavy atom. The number of hydrogen-bond donors (Lipinski definition) is 0. The molecule has 2 aromatic carbocycles. The lowest BCUT2D eigenvalue weighted by Crippen LogP contribution is -2.19. The molecule has 3 aromatic rings. The van der Waals surface area contributed by atoms with E-state index in [-0.39, 0.29) is 5.91 Å². The van der Waals surface area contributed by atoms with Gasteiger partial charge in [0.15, 0.2) is 0 Å². The average Bonchev–Trinajstić information content (AvgIpc) is 3.11. The number of carbonyl (C=O) groups excluding carboxylic acids is 1. The highest BCUT2D eigenvalue weighted by atomic mass is 35.5. The molecule has 0 aliphatic carbocycles. The molecule has 0 N–H and O–H groups in total. The number of amides is 1. The van der Waals surface area contributed by atoms with Crippen LogP contribution in [0, 0.1) is 0 Å². The van der Waals surface area contributed by atoms with E-state index < -0.39 is 0 Å². The molecule has 1 amide bonds. The van der Waals surface area contributed by atoms with E-state index in [0.717, 1.165) is 21.5 Å². The van der Waals surface area contributed by atoms with Crippen molar-refractivity contribution in [3.05, 3.63) is 59.1 Å². The number of halogens is 1. The fourth-order valence-corrected chi connectivity index (χ4v) is 3.56. The molecule has 0 saturated carbocycles. The SMILES string of the molecule is O=C1CC(c2ccccc2)=NN1c1nc2ccc(Cl)cc2s1. The van der Waals surface area contributed by atoms with Gasteiger partial charge in [-0.2, -0.15) is 10.1 Å². The van der Waals surface area contributed by atoms with Crippen molar-refractivity contribution in [1.29, 1.82) is 0 Å². The van der Waals surface area contributed by atoms with Gasteiger partial charge in [0, 0.05) is 5.02 Å². The molecular weight excluding hydrogens is 318 g/mol. The molecule has 22 heavy (non-hydrogen) atoms. The minimum Gasteiger partial charge on any atom is -0.272 e. The molecule has 108 valence electrons. The first-order chi connectivity index (χ1) is 10.7. The van der Waals surface area contributed by atoms with Gasteiger partial charge in [0.25, 0.3) is 5.91 Å². The quantitative estimate of drug-likeness (QED) is 0.711. The van der Waals surface area contributed by atoms with Crippen molar-refractivity contribution in [1.82, 2.24) is 4.98 Å². The third-order valence-electron chi connectivity index (χ3n) is 3.40. The van der Waals surface area contributed by atoms with Gasteiger partial charge in [0.2, 0.25) is 5.13 Å². The Balaban J connectivity index is 1.74. The number of fused-ring (bicyclic) bond motifs is 1. The Hall–Kier alpha value is -2.24. The maximum absolute atomic E-state index is 12.3. The van der Waals surface area contributed by atoms with Crippen molar-refractivity contribution in [3.63, 3.8) is 0 Å². The highest BCUT2D eigenvalue weighted by Gasteiger charge is 2.28. The molecule has 0 unspecified atom stereocenters. The second-order valence-electron chi connectivity index (χ2n) is 4.90. The van der Waals surface area contributed by atoms with Crippen LogP contribution < -0.4 is 5.01 Å². The van der Waals surface area contributed by atoms with E-state index in [0.29, 0.717) is 16.6 Å². The fourth-order valence-electron chi connectivity index (χ4n) is 2.35. The molecule has 6 heteroatoms. The van der Waals surface area contributed by atoms with E-state index >= 15 is 0 Å². The van der Waals surface area contributed by atoms with Gasteiger partial charge < -0.3 is 0 Å². The van der Waals surface area contributed by atoms with Crippen molar-refractivity contribution < 1.29 is 4.79 Å². The first-order valence-corrected chi connectivity index (χ1v) is 7.92. The number of benzene rings is 2. The molecule has 1 aromatic heterocycles. The predicted molar refractivity (Wildman–Crippen MR) is 89.7 cm³/mol. The summed E-state index contributed by atoms with van der Waals surface area (Å²) < 4.78 is 0.943. The summed E-state index contributed by atoms with van der Waals surface area (Å²) in [5.41, 5.74) is 2.55. The average molecular weight is 328 g/mol. The zero-order valence-corrected chi connectivity index (χ0v) is 12.9. The van der Waals surface area contributed by atoms with Crippen LogP contribution in [0.2, 0.25) is 5.02 Å². The molecule has 2 heterocycles. The number of hydrogen-bond acceptors (Lipinski definition) is 4. The highest BCUT2D eigenvalue weighted by molar-refractivity contribution is 7.22. The summed E-state index contributed by atoms with van der Waals surface area (Å²) in [7, 11) is 0. The van der Waals surface area contributed by atoms with Gasteiger partial charge in [0.05, 0.1) is 22.3 Å². The zero-order valence-electron chi connectivity index (χ0n) is 11.4. The number of nitrogens with zero attached hydrogens (tertiary/aromatic N) is 3. The van der Waals surface area contributed by atoms with E-state index in [1.807, 2.05) is 42.5 Å². The summed E-state index contributed by atoms with van der Waals surface area (Å²) >= 11 is 7.40. The van der Waals surface area contributed by atoms with Crippen LogP contribution in [0.5, 0.6) is 0 Å². The topological polar surface area (TPSA) is 45.6 Å². The molecule has 4 rings (SSSR count). The first-order valence-electron chi connectivity index (χ1n) is 6.73. The van der Waals surface area contributed by atoms with Crippen molar-refractivity contribution in [2.24, 2.45) is 5.10 Å². The van der Waals surface area contributed by atoms with Crippen molar-refractivity contribution in [2.75, 3.05) is 5.01 Å². The van der Waals surface area contributed by atoms with Crippen LogP contribution in [0.1, 0.15) is 12.0 Å². The second-order valence-corrected chi connectivity index (χ2v) is 6.35. The molecule has 0 atom stereocenters. The van der Waals surface area contributed by atoms with Crippen LogP contribution >= 0.6 is 22.9 Å². The van der Waals surface area contributed by atoms with Crippen LogP contribution in [0.3, 0.4) is 0 Å². The van der Waals surface area contributed by atoms with Crippen molar-refractivity contribution >= 4 is 49.9 Å². The maximum Gasteiger partial charge on any atom is 0.255 e. The molecule has 0 radical (unpaired) electrons. The lowest BCUT2D eigenvalue weighted by Gasteiger charge is -2.05. The molecule has 1 aliphatic heterocycles.